The van der Waals surface area contributed by atoms with Crippen LogP contribution in [0.15, 0.2) is 84.9 Å². The van der Waals surface area contributed by atoms with Crippen LogP contribution in [-0.2, 0) is 10.8 Å². The van der Waals surface area contributed by atoms with Gasteiger partial charge in [-0.25, -0.2) is 4.90 Å². The lowest BCUT2D eigenvalue weighted by molar-refractivity contribution is 0.0892. The summed E-state index contributed by atoms with van der Waals surface area (Å²) >= 11 is 0. The number of anilines is 1. The highest BCUT2D eigenvalue weighted by Crippen LogP contribution is 2.43. The van der Waals surface area contributed by atoms with Gasteiger partial charge in [0.05, 0.1) is 22.3 Å². The van der Waals surface area contributed by atoms with Crippen LogP contribution in [0.1, 0.15) is 124 Å². The molecule has 1 aromatic heterocycles. The van der Waals surface area contributed by atoms with Crippen molar-refractivity contribution in [2.24, 2.45) is 0 Å². The maximum Gasteiger partial charge on any atom is 0.266 e. The van der Waals surface area contributed by atoms with Crippen molar-refractivity contribution in [2.75, 3.05) is 4.90 Å². The molecule has 0 aliphatic carbocycles. The molecule has 2 heterocycles. The Morgan fingerprint density at radius 2 is 1.06 bits per heavy atom. The Kier molecular flexibility index (Phi) is 7.25. The first-order valence-corrected chi connectivity index (χ1v) is 17.3. The van der Waals surface area contributed by atoms with E-state index in [0.29, 0.717) is 11.1 Å². The summed E-state index contributed by atoms with van der Waals surface area (Å²) in [5.41, 5.74) is 9.50. The first kappa shape index (κ1) is 31.9. The fourth-order valence-electron chi connectivity index (χ4n) is 7.43. The van der Waals surface area contributed by atoms with Gasteiger partial charge in [-0.15, -0.1) is 0 Å². The Bertz CT molecular complexity index is 2210. The van der Waals surface area contributed by atoms with Crippen molar-refractivity contribution in [1.29, 1.82) is 0 Å². The Morgan fingerprint density at radius 1 is 0.562 bits per heavy atom. The SMILES string of the molecule is CC(C)c1cccc(C(C)C)c1N1C(=O)c2cccc3cc(-n4c5ccc(C(C)(C)C)cc5c5cc(C(C)(C)C)ccc54)cc(c23)C1=O. The van der Waals surface area contributed by atoms with E-state index in [0.717, 1.165) is 44.3 Å². The number of carbonyl (C=O) groups is 2. The lowest BCUT2D eigenvalue weighted by atomic mass is 9.85. The second-order valence-corrected chi connectivity index (χ2v) is 16.2. The zero-order valence-electron chi connectivity index (χ0n) is 29.9. The lowest BCUT2D eigenvalue weighted by Gasteiger charge is -2.32. The zero-order valence-corrected chi connectivity index (χ0v) is 29.9. The van der Waals surface area contributed by atoms with Crippen LogP contribution in [0.2, 0.25) is 0 Å². The van der Waals surface area contributed by atoms with Gasteiger partial charge in [0.1, 0.15) is 0 Å². The maximum atomic E-state index is 14.8. The minimum absolute atomic E-state index is 0.00267. The number of carbonyl (C=O) groups excluding carboxylic acids is 2. The minimum atomic E-state index is -0.272. The van der Waals surface area contributed by atoms with Gasteiger partial charge >= 0.3 is 0 Å². The lowest BCUT2D eigenvalue weighted by Crippen LogP contribution is -2.41. The fraction of sp³-hybridized carbons (Fsp3) is 0.318. The van der Waals surface area contributed by atoms with Gasteiger partial charge in [0.2, 0.25) is 0 Å². The van der Waals surface area contributed by atoms with E-state index in [1.807, 2.05) is 30.3 Å². The molecule has 1 aliphatic rings. The molecule has 5 aromatic carbocycles. The van der Waals surface area contributed by atoms with Crippen LogP contribution in [-0.4, -0.2) is 16.4 Å². The molecule has 1 aliphatic heterocycles. The Balaban J connectivity index is 1.53. The predicted octanol–water partition coefficient (Wildman–Crippen LogP) is 11.6. The number of para-hydroxylation sites is 1. The highest BCUT2D eigenvalue weighted by Gasteiger charge is 2.37. The van der Waals surface area contributed by atoms with E-state index in [1.54, 1.807) is 0 Å². The number of fused-ring (bicyclic) bond motifs is 3. The highest BCUT2D eigenvalue weighted by molar-refractivity contribution is 6.36. The average Bonchev–Trinajstić information content (AvgIpc) is 3.35. The molecule has 0 N–H and O–H groups in total. The Labute approximate surface area is 284 Å². The molecular formula is C44H46N2O2. The largest absolute Gasteiger partial charge is 0.309 e. The van der Waals surface area contributed by atoms with Gasteiger partial charge in [-0.2, -0.15) is 0 Å². The van der Waals surface area contributed by atoms with Gasteiger partial charge in [0.25, 0.3) is 11.8 Å². The average molecular weight is 635 g/mol. The number of benzene rings is 5. The Hall–Kier alpha value is -4.70. The van der Waals surface area contributed by atoms with Crippen LogP contribution < -0.4 is 4.90 Å². The molecule has 0 spiro atoms. The summed E-state index contributed by atoms with van der Waals surface area (Å²) in [5.74, 6) is -0.263. The van der Waals surface area contributed by atoms with Crippen LogP contribution in [0, 0.1) is 0 Å². The molecule has 7 rings (SSSR count). The molecular weight excluding hydrogens is 588 g/mol. The van der Waals surface area contributed by atoms with Crippen LogP contribution in [0.25, 0.3) is 38.3 Å². The van der Waals surface area contributed by atoms with Gasteiger partial charge in [-0.1, -0.05) is 112 Å². The van der Waals surface area contributed by atoms with Crippen molar-refractivity contribution in [1.82, 2.24) is 4.57 Å². The topological polar surface area (TPSA) is 42.3 Å². The van der Waals surface area contributed by atoms with E-state index in [1.165, 1.54) is 26.8 Å². The zero-order chi connectivity index (χ0) is 34.4. The van der Waals surface area contributed by atoms with E-state index in [2.05, 4.69) is 128 Å². The minimum Gasteiger partial charge on any atom is -0.309 e. The van der Waals surface area contributed by atoms with Crippen molar-refractivity contribution >= 4 is 50.1 Å². The molecule has 0 radical (unpaired) electrons. The smallest absolute Gasteiger partial charge is 0.266 e. The van der Waals surface area contributed by atoms with Gasteiger partial charge in [0.15, 0.2) is 0 Å². The predicted molar refractivity (Wildman–Crippen MR) is 201 cm³/mol. The number of hydrogen-bond acceptors (Lipinski definition) is 2. The highest BCUT2D eigenvalue weighted by atomic mass is 16.2. The summed E-state index contributed by atoms with van der Waals surface area (Å²) in [6, 6.07) is 29.7. The third-order valence-electron chi connectivity index (χ3n) is 10.2. The number of amides is 2. The van der Waals surface area contributed by atoms with Crippen LogP contribution >= 0.6 is 0 Å². The maximum absolute atomic E-state index is 14.8. The van der Waals surface area contributed by atoms with Gasteiger partial charge in [0, 0.05) is 27.4 Å². The summed E-state index contributed by atoms with van der Waals surface area (Å²) in [6.45, 7) is 22.0. The molecule has 0 fully saturated rings. The van der Waals surface area contributed by atoms with Crippen molar-refractivity contribution in [3.63, 3.8) is 0 Å². The van der Waals surface area contributed by atoms with Crippen LogP contribution in [0.5, 0.6) is 0 Å². The summed E-state index contributed by atoms with van der Waals surface area (Å²) in [4.78, 5) is 30.6. The van der Waals surface area contributed by atoms with Crippen molar-refractivity contribution in [2.45, 2.75) is 91.9 Å². The monoisotopic (exact) mass is 634 g/mol. The fourth-order valence-corrected chi connectivity index (χ4v) is 7.43. The number of nitrogens with zero attached hydrogens (tertiary/aromatic N) is 2. The van der Waals surface area contributed by atoms with Crippen molar-refractivity contribution in [3.05, 3.63) is 118 Å². The van der Waals surface area contributed by atoms with Gasteiger partial charge in [-0.05, 0) is 92.8 Å². The summed E-state index contributed by atoms with van der Waals surface area (Å²) < 4.78 is 2.29. The summed E-state index contributed by atoms with van der Waals surface area (Å²) in [5, 5.41) is 4.00. The molecule has 2 amide bonds. The van der Waals surface area contributed by atoms with Crippen molar-refractivity contribution in [3.8, 4) is 5.69 Å². The quantitative estimate of drug-likeness (QED) is 0.181. The molecule has 0 saturated heterocycles. The molecule has 0 bridgehead atoms. The standard InChI is InChI=1S/C44H46N2O2/c1-25(2)31-14-12-15-32(26(3)4)40(31)46-41(47)33-16-11-13-27-21-30(24-36(39(27)33)42(46)48)45-37-19-17-28(43(5,6)7)22-34(37)35-23-29(44(8,9)10)18-20-38(35)45/h11-26H,1-10H3. The van der Waals surface area contributed by atoms with Gasteiger partial charge in [-0.3, -0.25) is 9.59 Å². The van der Waals surface area contributed by atoms with Crippen LogP contribution in [0.4, 0.5) is 5.69 Å². The Morgan fingerprint density at radius 3 is 1.56 bits per heavy atom. The second kappa shape index (κ2) is 10.9. The van der Waals surface area contributed by atoms with E-state index in [4.69, 9.17) is 0 Å². The van der Waals surface area contributed by atoms with Crippen LogP contribution in [0.3, 0.4) is 0 Å². The molecule has 0 unspecified atom stereocenters. The molecule has 4 nitrogen and oxygen atoms in total. The molecule has 48 heavy (non-hydrogen) atoms. The summed E-state index contributed by atoms with van der Waals surface area (Å²) in [7, 11) is 0. The molecule has 0 atom stereocenters. The third-order valence-corrected chi connectivity index (χ3v) is 10.2. The molecule has 6 aromatic rings. The van der Waals surface area contributed by atoms with Gasteiger partial charge < -0.3 is 4.57 Å². The number of hydrogen-bond donors (Lipinski definition) is 0. The van der Waals surface area contributed by atoms with E-state index < -0.39 is 0 Å². The second-order valence-electron chi connectivity index (χ2n) is 16.2. The molecule has 244 valence electrons. The number of imide groups is 1. The van der Waals surface area contributed by atoms with E-state index in [9.17, 15) is 9.59 Å². The first-order valence-electron chi connectivity index (χ1n) is 17.3. The number of aromatic nitrogens is 1. The molecule has 4 heteroatoms. The van der Waals surface area contributed by atoms with Crippen molar-refractivity contribution < 1.29 is 9.59 Å². The molecule has 0 saturated carbocycles. The first-order chi connectivity index (χ1) is 22.6. The summed E-state index contributed by atoms with van der Waals surface area (Å²) in [6.07, 6.45) is 0. The van der Waals surface area contributed by atoms with E-state index >= 15 is 0 Å². The third kappa shape index (κ3) is 4.87. The van der Waals surface area contributed by atoms with E-state index in [-0.39, 0.29) is 34.5 Å². The normalized spacial score (nSPS) is 14.0. The number of rotatable bonds is 4.